The Balaban J connectivity index is 4.88. The largest absolute Gasteiger partial charge is 0.480 e. The van der Waals surface area contributed by atoms with Gasteiger partial charge in [0.25, 0.3) is 0 Å². The Hall–Kier alpha value is -1.68. The molecule has 0 fully saturated rings. The lowest BCUT2D eigenvalue weighted by Crippen LogP contribution is -2.47. The van der Waals surface area contributed by atoms with Crippen molar-refractivity contribution >= 4 is 27.9 Å². The summed E-state index contributed by atoms with van der Waals surface area (Å²) in [5.41, 5.74) is 4.85. The van der Waals surface area contributed by atoms with Crippen molar-refractivity contribution in [2.45, 2.75) is 31.1 Å². The molecule has 0 aliphatic rings. The maximum atomic E-state index is 11.7. The molecule has 2 unspecified atom stereocenters. The number of esters is 1. The lowest BCUT2D eigenvalue weighted by atomic mass is 10.2. The van der Waals surface area contributed by atoms with Crippen LogP contribution >= 0.6 is 0 Å². The van der Waals surface area contributed by atoms with Crippen molar-refractivity contribution in [2.24, 2.45) is 5.73 Å². The van der Waals surface area contributed by atoms with Gasteiger partial charge in [-0.3, -0.25) is 14.4 Å². The van der Waals surface area contributed by atoms with Crippen molar-refractivity contribution in [3.63, 3.8) is 0 Å². The van der Waals surface area contributed by atoms with Crippen LogP contribution in [0.4, 0.5) is 0 Å². The van der Waals surface area contributed by atoms with Gasteiger partial charge in [0, 0.05) is 6.42 Å². The van der Waals surface area contributed by atoms with Crippen molar-refractivity contribution in [1.29, 1.82) is 0 Å². The maximum absolute atomic E-state index is 11.7. The fourth-order valence-electron chi connectivity index (χ4n) is 1.11. The van der Waals surface area contributed by atoms with E-state index in [1.807, 2.05) is 4.72 Å². The zero-order valence-electron chi connectivity index (χ0n) is 10.5. The van der Waals surface area contributed by atoms with E-state index in [2.05, 4.69) is 4.74 Å². The molecule has 0 aromatic carbocycles. The lowest BCUT2D eigenvalue weighted by Gasteiger charge is -2.17. The molecule has 0 heterocycles. The van der Waals surface area contributed by atoms with Gasteiger partial charge in [0.05, 0.1) is 7.11 Å². The second kappa shape index (κ2) is 7.04. The summed E-state index contributed by atoms with van der Waals surface area (Å²) in [7, 11) is -3.21. The molecule has 0 aliphatic heterocycles. The number of hydrogen-bond donors (Lipinski definition) is 3. The minimum atomic E-state index is -4.22. The molecule has 4 N–H and O–H groups in total. The van der Waals surface area contributed by atoms with Crippen molar-refractivity contribution in [2.75, 3.05) is 7.11 Å². The number of primary amides is 1. The predicted octanol–water partition coefficient (Wildman–Crippen LogP) is -1.81. The molecular weight excluding hydrogens is 280 g/mol. The van der Waals surface area contributed by atoms with Gasteiger partial charge in [0.1, 0.15) is 6.04 Å². The van der Waals surface area contributed by atoms with Gasteiger partial charge in [-0.15, -0.1) is 0 Å². The van der Waals surface area contributed by atoms with Crippen LogP contribution in [0.3, 0.4) is 0 Å². The van der Waals surface area contributed by atoms with Crippen molar-refractivity contribution in [1.82, 2.24) is 4.72 Å². The number of nitrogens with one attached hydrogen (secondary N) is 1. The number of methoxy groups -OCH3 is 1. The summed E-state index contributed by atoms with van der Waals surface area (Å²) < 4.78 is 29.5. The molecule has 19 heavy (non-hydrogen) atoms. The molecule has 0 aromatic rings. The number of hydrogen-bond acceptors (Lipinski definition) is 6. The van der Waals surface area contributed by atoms with Crippen LogP contribution in [-0.2, 0) is 29.1 Å². The van der Waals surface area contributed by atoms with Crippen LogP contribution < -0.4 is 10.5 Å². The minimum absolute atomic E-state index is 0.300. The van der Waals surface area contributed by atoms with Crippen LogP contribution in [0, 0.1) is 0 Å². The van der Waals surface area contributed by atoms with Crippen LogP contribution in [0.25, 0.3) is 0 Å². The van der Waals surface area contributed by atoms with Gasteiger partial charge in [-0.2, -0.15) is 0 Å². The van der Waals surface area contributed by atoms with Crippen molar-refractivity contribution in [3.8, 4) is 0 Å². The van der Waals surface area contributed by atoms with E-state index in [-0.39, 0.29) is 12.8 Å². The van der Waals surface area contributed by atoms with E-state index < -0.39 is 39.2 Å². The first-order chi connectivity index (χ1) is 8.61. The molecule has 0 saturated carbocycles. The van der Waals surface area contributed by atoms with Gasteiger partial charge in [0.15, 0.2) is 5.25 Å². The molecule has 0 aromatic heterocycles. The highest BCUT2D eigenvalue weighted by atomic mass is 32.2. The van der Waals surface area contributed by atoms with E-state index in [0.29, 0.717) is 0 Å². The molecule has 0 rings (SSSR count). The summed E-state index contributed by atoms with van der Waals surface area (Å²) in [6.45, 7) is 1.06. The van der Waals surface area contributed by atoms with Crippen LogP contribution in [0.1, 0.15) is 19.8 Å². The number of aliphatic carboxylic acids is 1. The van der Waals surface area contributed by atoms with E-state index in [1.54, 1.807) is 0 Å². The Bertz CT molecular complexity index is 459. The number of carboxylic acids is 1. The summed E-state index contributed by atoms with van der Waals surface area (Å²) in [6.07, 6.45) is -0.607. The average molecular weight is 296 g/mol. The molecular formula is C9H16N2O7S. The monoisotopic (exact) mass is 296 g/mol. The van der Waals surface area contributed by atoms with Crippen molar-refractivity contribution < 1.29 is 32.6 Å². The highest BCUT2D eigenvalue weighted by Crippen LogP contribution is 2.06. The Morgan fingerprint density at radius 3 is 2.26 bits per heavy atom. The Labute approximate surface area is 110 Å². The first kappa shape index (κ1) is 17.3. The predicted molar refractivity (Wildman–Crippen MR) is 63.4 cm³/mol. The van der Waals surface area contributed by atoms with Crippen LogP contribution in [0.15, 0.2) is 0 Å². The Kier molecular flexibility index (Phi) is 6.42. The third kappa shape index (κ3) is 5.66. The number of sulfonamides is 1. The van der Waals surface area contributed by atoms with Crippen molar-refractivity contribution in [3.05, 3.63) is 0 Å². The molecule has 0 radical (unpaired) electrons. The number of ether oxygens (including phenoxy) is 1. The van der Waals surface area contributed by atoms with Gasteiger partial charge >= 0.3 is 11.9 Å². The van der Waals surface area contributed by atoms with Crippen LogP contribution in [0.5, 0.6) is 0 Å². The van der Waals surface area contributed by atoms with E-state index in [0.717, 1.165) is 14.0 Å². The summed E-state index contributed by atoms with van der Waals surface area (Å²) in [4.78, 5) is 32.5. The minimum Gasteiger partial charge on any atom is -0.480 e. The highest BCUT2D eigenvalue weighted by molar-refractivity contribution is 7.90. The maximum Gasteiger partial charge on any atom is 0.325 e. The summed E-state index contributed by atoms with van der Waals surface area (Å²) in [6, 6.07) is -1.54. The van der Waals surface area contributed by atoms with Gasteiger partial charge in [-0.1, -0.05) is 0 Å². The van der Waals surface area contributed by atoms with E-state index in [1.165, 1.54) is 0 Å². The number of rotatable bonds is 8. The molecule has 0 spiro atoms. The van der Waals surface area contributed by atoms with Gasteiger partial charge in [-0.05, 0) is 13.3 Å². The average Bonchev–Trinajstić information content (AvgIpc) is 2.31. The van der Waals surface area contributed by atoms with Crippen LogP contribution in [-0.4, -0.2) is 49.8 Å². The summed E-state index contributed by atoms with van der Waals surface area (Å²) in [5.74, 6) is -3.25. The molecule has 9 nitrogen and oxygen atoms in total. The highest BCUT2D eigenvalue weighted by Gasteiger charge is 2.33. The summed E-state index contributed by atoms with van der Waals surface area (Å²) in [5, 5.41) is 7.27. The van der Waals surface area contributed by atoms with Gasteiger partial charge < -0.3 is 15.6 Å². The number of carbonyl (C=O) groups excluding carboxylic acids is 2. The second-order valence-corrected chi connectivity index (χ2v) is 5.76. The van der Waals surface area contributed by atoms with E-state index in [9.17, 15) is 22.8 Å². The molecule has 110 valence electrons. The molecule has 2 atom stereocenters. The molecule has 0 aliphatic carbocycles. The zero-order valence-corrected chi connectivity index (χ0v) is 11.3. The van der Waals surface area contributed by atoms with Gasteiger partial charge in [-0.25, -0.2) is 13.1 Å². The molecule has 1 amide bonds. The first-order valence-electron chi connectivity index (χ1n) is 5.22. The van der Waals surface area contributed by atoms with Gasteiger partial charge in [0.2, 0.25) is 15.9 Å². The number of nitrogens with two attached hydrogens (primary N) is 1. The third-order valence-electron chi connectivity index (χ3n) is 2.28. The molecule has 0 bridgehead atoms. The number of carbonyl (C=O) groups is 3. The standard InChI is InChI=1S/C9H16N2O7S/c1-5(9(15)18-2)19(16,17)11-6(8(13)14)3-4-7(10)12/h5-6,11H,3-4H2,1-2H3,(H2,10,12)(H,13,14). The topological polar surface area (TPSA) is 153 Å². The van der Waals surface area contributed by atoms with E-state index in [4.69, 9.17) is 10.8 Å². The normalized spacial score (nSPS) is 14.4. The molecule has 0 saturated heterocycles. The SMILES string of the molecule is COC(=O)C(C)S(=O)(=O)NC(CCC(N)=O)C(=O)O. The zero-order chi connectivity index (χ0) is 15.2. The number of carboxylic acid groups (broad SMARTS) is 1. The third-order valence-corrected chi connectivity index (χ3v) is 4.02. The fraction of sp³-hybridized carbons (Fsp3) is 0.667. The molecule has 10 heteroatoms. The van der Waals surface area contributed by atoms with Crippen LogP contribution in [0.2, 0.25) is 0 Å². The Morgan fingerprint density at radius 1 is 1.37 bits per heavy atom. The lowest BCUT2D eigenvalue weighted by molar-refractivity contribution is -0.141. The smallest absolute Gasteiger partial charge is 0.325 e. The quantitative estimate of drug-likeness (QED) is 0.446. The fourth-order valence-corrected chi connectivity index (χ4v) is 2.28. The van der Waals surface area contributed by atoms with E-state index >= 15 is 0 Å². The first-order valence-corrected chi connectivity index (χ1v) is 6.76. The number of amides is 1. The summed E-state index contributed by atoms with van der Waals surface area (Å²) >= 11 is 0. The Morgan fingerprint density at radius 2 is 1.89 bits per heavy atom. The second-order valence-electron chi connectivity index (χ2n) is 3.72.